The minimum atomic E-state index is -3.81. The van der Waals surface area contributed by atoms with Gasteiger partial charge in [0.2, 0.25) is 21.8 Å². The number of nitrogens with one attached hydrogen (secondary N) is 1. The Morgan fingerprint density at radius 2 is 1.65 bits per heavy atom. The molecule has 186 valence electrons. The van der Waals surface area contributed by atoms with E-state index in [-0.39, 0.29) is 12.5 Å². The normalized spacial score (nSPS) is 11.9. The third-order valence-electron chi connectivity index (χ3n) is 5.22. The smallest absolute Gasteiger partial charge is 0.244 e. The van der Waals surface area contributed by atoms with Crippen molar-refractivity contribution < 1.29 is 27.5 Å². The Kier molecular flexibility index (Phi) is 9.73. The van der Waals surface area contributed by atoms with E-state index in [1.54, 1.807) is 50.4 Å². The zero-order valence-electron chi connectivity index (χ0n) is 20.3. The molecular formula is C24H33N3O6S. The molecule has 0 spiro atoms. The molecule has 1 N–H and O–H groups in total. The maximum Gasteiger partial charge on any atom is 0.244 e. The lowest BCUT2D eigenvalue weighted by Gasteiger charge is -2.31. The van der Waals surface area contributed by atoms with E-state index in [0.717, 1.165) is 22.5 Å². The van der Waals surface area contributed by atoms with Crippen molar-refractivity contribution >= 4 is 27.5 Å². The molecule has 1 atom stereocenters. The third kappa shape index (κ3) is 7.38. The first-order valence-corrected chi connectivity index (χ1v) is 12.8. The number of ether oxygens (including phenoxy) is 2. The van der Waals surface area contributed by atoms with Crippen LogP contribution in [0.25, 0.3) is 0 Å². The molecule has 2 aromatic carbocycles. The van der Waals surface area contributed by atoms with Crippen LogP contribution in [0.15, 0.2) is 48.5 Å². The standard InChI is InChI=1S/C24H33N3O6S/c1-6-13-25-24(29)18(2)26(16-19-9-7-11-21(14-19)32-3)23(28)17-27(34(5,30)31)20-10-8-12-22(15-20)33-4/h7-12,14-15,18H,6,13,16-17H2,1-5H3,(H,25,29)/t18-/m1/s1. The first-order valence-electron chi connectivity index (χ1n) is 10.9. The number of amides is 2. The monoisotopic (exact) mass is 491 g/mol. The van der Waals surface area contributed by atoms with E-state index in [0.29, 0.717) is 23.7 Å². The Hall–Kier alpha value is -3.27. The average Bonchev–Trinajstić information content (AvgIpc) is 2.83. The van der Waals surface area contributed by atoms with Crippen molar-refractivity contribution in [3.05, 3.63) is 54.1 Å². The first-order chi connectivity index (χ1) is 16.1. The van der Waals surface area contributed by atoms with Crippen LogP contribution in [0.4, 0.5) is 5.69 Å². The number of rotatable bonds is 12. The number of hydrogen-bond acceptors (Lipinski definition) is 6. The van der Waals surface area contributed by atoms with Crippen LogP contribution in [0, 0.1) is 0 Å². The third-order valence-corrected chi connectivity index (χ3v) is 6.36. The van der Waals surface area contributed by atoms with E-state index in [9.17, 15) is 18.0 Å². The maximum absolute atomic E-state index is 13.5. The highest BCUT2D eigenvalue weighted by Crippen LogP contribution is 2.24. The van der Waals surface area contributed by atoms with E-state index in [1.165, 1.54) is 18.1 Å². The molecule has 2 aromatic rings. The molecule has 0 aromatic heterocycles. The molecule has 0 unspecified atom stereocenters. The van der Waals surface area contributed by atoms with Crippen LogP contribution in [-0.4, -0.2) is 64.7 Å². The lowest BCUT2D eigenvalue weighted by molar-refractivity contribution is -0.139. The topological polar surface area (TPSA) is 105 Å². The molecule has 2 amide bonds. The van der Waals surface area contributed by atoms with Gasteiger partial charge in [0, 0.05) is 19.2 Å². The fourth-order valence-electron chi connectivity index (χ4n) is 3.33. The molecule has 0 saturated heterocycles. The van der Waals surface area contributed by atoms with Crippen molar-refractivity contribution in [1.29, 1.82) is 0 Å². The Bertz CT molecular complexity index is 1090. The van der Waals surface area contributed by atoms with Gasteiger partial charge in [-0.25, -0.2) is 8.42 Å². The number of hydrogen-bond donors (Lipinski definition) is 1. The summed E-state index contributed by atoms with van der Waals surface area (Å²) in [5, 5.41) is 2.80. The number of benzene rings is 2. The Balaban J connectivity index is 2.39. The number of methoxy groups -OCH3 is 2. The lowest BCUT2D eigenvalue weighted by Crippen LogP contribution is -2.51. The zero-order chi connectivity index (χ0) is 25.3. The van der Waals surface area contributed by atoms with E-state index in [4.69, 9.17) is 9.47 Å². The van der Waals surface area contributed by atoms with E-state index in [2.05, 4.69) is 5.32 Å². The van der Waals surface area contributed by atoms with Crippen molar-refractivity contribution in [3.8, 4) is 11.5 Å². The van der Waals surface area contributed by atoms with Gasteiger partial charge in [-0.3, -0.25) is 13.9 Å². The number of carbonyl (C=O) groups excluding carboxylic acids is 2. The Morgan fingerprint density at radius 3 is 2.24 bits per heavy atom. The van der Waals surface area contributed by atoms with Crippen molar-refractivity contribution in [2.75, 3.05) is 37.9 Å². The summed E-state index contributed by atoms with van der Waals surface area (Å²) < 4.78 is 36.7. The molecule has 0 saturated carbocycles. The van der Waals surface area contributed by atoms with E-state index < -0.39 is 28.5 Å². The molecule has 0 radical (unpaired) electrons. The second-order valence-electron chi connectivity index (χ2n) is 7.81. The van der Waals surface area contributed by atoms with Gasteiger partial charge in [0.1, 0.15) is 24.1 Å². The summed E-state index contributed by atoms with van der Waals surface area (Å²) in [5.74, 6) is 0.238. The maximum atomic E-state index is 13.5. The van der Waals surface area contributed by atoms with E-state index >= 15 is 0 Å². The minimum absolute atomic E-state index is 0.104. The predicted octanol–water partition coefficient (Wildman–Crippen LogP) is 2.41. The number of nitrogens with zero attached hydrogens (tertiary/aromatic N) is 2. The van der Waals surface area contributed by atoms with Gasteiger partial charge in [-0.1, -0.05) is 25.1 Å². The second kappa shape index (κ2) is 12.3. The Morgan fingerprint density at radius 1 is 1.03 bits per heavy atom. The summed E-state index contributed by atoms with van der Waals surface area (Å²) in [6.07, 6.45) is 1.78. The van der Waals surface area contributed by atoms with Gasteiger partial charge >= 0.3 is 0 Å². The van der Waals surface area contributed by atoms with Crippen LogP contribution >= 0.6 is 0 Å². The van der Waals surface area contributed by atoms with E-state index in [1.807, 2.05) is 13.0 Å². The quantitative estimate of drug-likeness (QED) is 0.489. The van der Waals surface area contributed by atoms with Crippen LogP contribution < -0.4 is 19.1 Å². The van der Waals surface area contributed by atoms with Crippen LogP contribution in [0.5, 0.6) is 11.5 Å². The molecule has 0 bridgehead atoms. The van der Waals surface area contributed by atoms with Gasteiger partial charge < -0.3 is 19.7 Å². The van der Waals surface area contributed by atoms with Gasteiger partial charge in [0.25, 0.3) is 0 Å². The molecule has 34 heavy (non-hydrogen) atoms. The summed E-state index contributed by atoms with van der Waals surface area (Å²) >= 11 is 0. The highest BCUT2D eigenvalue weighted by atomic mass is 32.2. The van der Waals surface area contributed by atoms with Gasteiger partial charge in [-0.15, -0.1) is 0 Å². The summed E-state index contributed by atoms with van der Waals surface area (Å²) in [4.78, 5) is 27.6. The highest BCUT2D eigenvalue weighted by molar-refractivity contribution is 7.92. The fraction of sp³-hybridized carbons (Fsp3) is 0.417. The molecule has 0 aliphatic rings. The van der Waals surface area contributed by atoms with Crippen molar-refractivity contribution in [3.63, 3.8) is 0 Å². The molecule has 0 heterocycles. The average molecular weight is 492 g/mol. The van der Waals surface area contributed by atoms with Crippen molar-refractivity contribution in [1.82, 2.24) is 10.2 Å². The SMILES string of the molecule is CCCNC(=O)[C@@H](C)N(Cc1cccc(OC)c1)C(=O)CN(c1cccc(OC)c1)S(C)(=O)=O. The van der Waals surface area contributed by atoms with Gasteiger partial charge in [0.05, 0.1) is 26.2 Å². The number of anilines is 1. The van der Waals surface area contributed by atoms with Crippen LogP contribution in [0.2, 0.25) is 0 Å². The molecule has 0 aliphatic heterocycles. The predicted molar refractivity (Wildman–Crippen MR) is 131 cm³/mol. The largest absolute Gasteiger partial charge is 0.497 e. The Labute approximate surface area is 201 Å². The molecule has 9 nitrogen and oxygen atoms in total. The number of sulfonamides is 1. The fourth-order valence-corrected chi connectivity index (χ4v) is 4.17. The summed E-state index contributed by atoms with van der Waals surface area (Å²) in [6.45, 7) is 3.67. The number of carbonyl (C=O) groups is 2. The first kappa shape index (κ1) is 27.0. The lowest BCUT2D eigenvalue weighted by atomic mass is 10.1. The highest BCUT2D eigenvalue weighted by Gasteiger charge is 2.30. The van der Waals surface area contributed by atoms with Gasteiger partial charge in [-0.05, 0) is 43.2 Å². The van der Waals surface area contributed by atoms with Gasteiger partial charge in [-0.2, -0.15) is 0 Å². The second-order valence-corrected chi connectivity index (χ2v) is 9.72. The minimum Gasteiger partial charge on any atom is -0.497 e. The summed E-state index contributed by atoms with van der Waals surface area (Å²) in [7, 11) is -0.789. The summed E-state index contributed by atoms with van der Waals surface area (Å²) in [5.41, 5.74) is 1.04. The van der Waals surface area contributed by atoms with Crippen molar-refractivity contribution in [2.24, 2.45) is 0 Å². The molecular weight excluding hydrogens is 458 g/mol. The van der Waals surface area contributed by atoms with Crippen molar-refractivity contribution in [2.45, 2.75) is 32.9 Å². The zero-order valence-corrected chi connectivity index (χ0v) is 21.1. The van der Waals surface area contributed by atoms with Gasteiger partial charge in [0.15, 0.2) is 0 Å². The molecule has 10 heteroatoms. The van der Waals surface area contributed by atoms with Crippen LogP contribution in [-0.2, 0) is 26.2 Å². The molecule has 0 aliphatic carbocycles. The molecule has 2 rings (SSSR count). The van der Waals surface area contributed by atoms with Crippen LogP contribution in [0.1, 0.15) is 25.8 Å². The van der Waals surface area contributed by atoms with Crippen LogP contribution in [0.3, 0.4) is 0 Å². The summed E-state index contributed by atoms with van der Waals surface area (Å²) in [6, 6.07) is 12.8. The molecule has 0 fully saturated rings.